The molecule has 0 aliphatic heterocycles. The lowest BCUT2D eigenvalue weighted by Gasteiger charge is -2.02. The van der Waals surface area contributed by atoms with Gasteiger partial charge in [0.25, 0.3) is 5.56 Å². The lowest BCUT2D eigenvalue weighted by atomic mass is 10.1. The maximum atomic E-state index is 12.1. The minimum atomic E-state index is -0.421. The number of rotatable bonds is 1. The summed E-state index contributed by atoms with van der Waals surface area (Å²) in [6.07, 6.45) is 1.31. The highest BCUT2D eigenvalue weighted by Crippen LogP contribution is 2.18. The van der Waals surface area contributed by atoms with Crippen LogP contribution in [0.4, 0.5) is 0 Å². The molecule has 1 aromatic carbocycles. The van der Waals surface area contributed by atoms with E-state index in [0.29, 0.717) is 11.5 Å². The molecule has 2 aromatic heterocycles. The van der Waals surface area contributed by atoms with Gasteiger partial charge in [0, 0.05) is 5.56 Å². The summed E-state index contributed by atoms with van der Waals surface area (Å²) >= 11 is 0. The molecule has 0 spiro atoms. The van der Waals surface area contributed by atoms with Gasteiger partial charge >= 0.3 is 0 Å². The molecule has 2 heterocycles. The monoisotopic (exact) mass is 237 g/mol. The largest absolute Gasteiger partial charge is 0.278 e. The van der Waals surface area contributed by atoms with E-state index in [1.165, 1.54) is 10.7 Å². The van der Waals surface area contributed by atoms with E-state index < -0.39 is 5.56 Å². The maximum Gasteiger partial charge on any atom is 0.278 e. The molecule has 0 amide bonds. The van der Waals surface area contributed by atoms with Crippen molar-refractivity contribution in [3.05, 3.63) is 52.6 Å². The number of hydrogen-bond acceptors (Lipinski definition) is 4. The van der Waals surface area contributed by atoms with Crippen LogP contribution in [0.3, 0.4) is 0 Å². The fourth-order valence-corrected chi connectivity index (χ4v) is 1.77. The number of fused-ring (bicyclic) bond motifs is 1. The Morgan fingerprint density at radius 1 is 1.28 bits per heavy atom. The molecule has 0 fully saturated rings. The summed E-state index contributed by atoms with van der Waals surface area (Å²) in [6.45, 7) is 0. The van der Waals surface area contributed by atoms with Gasteiger partial charge in [0.1, 0.15) is 18.0 Å². The molecule has 0 radical (unpaired) electrons. The Kier molecular flexibility index (Phi) is 2.17. The van der Waals surface area contributed by atoms with Crippen molar-refractivity contribution in [2.45, 2.75) is 0 Å². The van der Waals surface area contributed by atoms with Gasteiger partial charge in [-0.1, -0.05) is 30.3 Å². The van der Waals surface area contributed by atoms with Crippen LogP contribution in [0.1, 0.15) is 5.56 Å². The Bertz CT molecular complexity index is 810. The quantitative estimate of drug-likeness (QED) is 0.682. The second-order valence-electron chi connectivity index (χ2n) is 3.67. The van der Waals surface area contributed by atoms with Crippen LogP contribution in [0.15, 0.2) is 41.5 Å². The van der Waals surface area contributed by atoms with Crippen LogP contribution >= 0.6 is 0 Å². The molecule has 0 atom stereocenters. The summed E-state index contributed by atoms with van der Waals surface area (Å²) in [6, 6.07) is 11.0. The summed E-state index contributed by atoms with van der Waals surface area (Å²) in [5.41, 5.74) is 0.686. The number of hydrogen-bond donors (Lipinski definition) is 1. The zero-order chi connectivity index (χ0) is 12.5. The predicted octanol–water partition coefficient (Wildman–Crippen LogP) is 0.956. The minimum Gasteiger partial charge on any atom is -0.267 e. The summed E-state index contributed by atoms with van der Waals surface area (Å²) in [5, 5.41) is 15.5. The molecule has 3 aromatic rings. The van der Waals surface area contributed by atoms with Gasteiger partial charge in [-0.3, -0.25) is 4.79 Å². The fraction of sp³-hybridized carbons (Fsp3) is 0. The average Bonchev–Trinajstić information content (AvgIpc) is 2.88. The molecule has 6 heteroatoms. The number of benzene rings is 1. The molecule has 0 aliphatic carbocycles. The first-order valence-electron chi connectivity index (χ1n) is 5.22. The van der Waals surface area contributed by atoms with Crippen LogP contribution in [0.5, 0.6) is 0 Å². The summed E-state index contributed by atoms with van der Waals surface area (Å²) in [4.78, 5) is 16.3. The Morgan fingerprint density at radius 2 is 2.06 bits per heavy atom. The lowest BCUT2D eigenvalue weighted by Crippen LogP contribution is -2.18. The molecule has 0 saturated heterocycles. The second-order valence-corrected chi connectivity index (χ2v) is 3.67. The van der Waals surface area contributed by atoms with Gasteiger partial charge < -0.3 is 0 Å². The fourth-order valence-electron chi connectivity index (χ4n) is 1.77. The van der Waals surface area contributed by atoms with E-state index in [0.717, 1.165) is 5.56 Å². The SMILES string of the molecule is N#Cc1c(-c2ccccc2)nc2[nH]ncn2c1=O. The zero-order valence-electron chi connectivity index (χ0n) is 9.16. The van der Waals surface area contributed by atoms with E-state index >= 15 is 0 Å². The number of nitrogens with zero attached hydrogens (tertiary/aromatic N) is 4. The third kappa shape index (κ3) is 1.38. The van der Waals surface area contributed by atoms with Crippen molar-refractivity contribution in [2.24, 2.45) is 0 Å². The van der Waals surface area contributed by atoms with E-state index in [1.54, 1.807) is 12.1 Å². The summed E-state index contributed by atoms with van der Waals surface area (Å²) in [5.74, 6) is 0.317. The highest BCUT2D eigenvalue weighted by atomic mass is 16.1. The number of nitriles is 1. The maximum absolute atomic E-state index is 12.1. The number of nitrogens with one attached hydrogen (secondary N) is 1. The molecular weight excluding hydrogens is 230 g/mol. The number of H-pyrrole nitrogens is 1. The van der Waals surface area contributed by atoms with Gasteiger partial charge in [-0.15, -0.1) is 0 Å². The van der Waals surface area contributed by atoms with Gasteiger partial charge in [-0.2, -0.15) is 10.4 Å². The molecule has 0 aliphatic rings. The molecule has 86 valence electrons. The van der Waals surface area contributed by atoms with Crippen LogP contribution in [-0.2, 0) is 0 Å². The molecule has 0 saturated carbocycles. The Labute approximate surface area is 101 Å². The number of aromatic nitrogens is 4. The first kappa shape index (κ1) is 10.2. The minimum absolute atomic E-state index is 0.0140. The molecular formula is C12H7N5O. The van der Waals surface area contributed by atoms with E-state index in [-0.39, 0.29) is 5.56 Å². The highest BCUT2D eigenvalue weighted by Gasteiger charge is 2.14. The van der Waals surface area contributed by atoms with Gasteiger partial charge in [0.15, 0.2) is 0 Å². The molecule has 0 unspecified atom stereocenters. The van der Waals surface area contributed by atoms with E-state index in [9.17, 15) is 4.79 Å². The van der Waals surface area contributed by atoms with Gasteiger partial charge in [0.05, 0.1) is 5.69 Å². The van der Waals surface area contributed by atoms with Crippen LogP contribution in [0.25, 0.3) is 17.0 Å². The van der Waals surface area contributed by atoms with Crippen molar-refractivity contribution in [2.75, 3.05) is 0 Å². The van der Waals surface area contributed by atoms with Crippen molar-refractivity contribution in [1.82, 2.24) is 19.6 Å². The first-order valence-corrected chi connectivity index (χ1v) is 5.22. The third-order valence-corrected chi connectivity index (χ3v) is 2.61. The first-order chi connectivity index (χ1) is 8.81. The molecule has 0 bridgehead atoms. The van der Waals surface area contributed by atoms with E-state index in [1.807, 2.05) is 24.3 Å². The summed E-state index contributed by atoms with van der Waals surface area (Å²) < 4.78 is 1.21. The third-order valence-electron chi connectivity index (χ3n) is 2.61. The predicted molar refractivity (Wildman–Crippen MR) is 63.8 cm³/mol. The Balaban J connectivity index is 2.43. The second kappa shape index (κ2) is 3.82. The number of aromatic amines is 1. The van der Waals surface area contributed by atoms with Crippen LogP contribution in [0.2, 0.25) is 0 Å². The smallest absolute Gasteiger partial charge is 0.267 e. The van der Waals surface area contributed by atoms with Gasteiger partial charge in [0.2, 0.25) is 5.78 Å². The van der Waals surface area contributed by atoms with Crippen molar-refractivity contribution in [3.63, 3.8) is 0 Å². The van der Waals surface area contributed by atoms with E-state index in [4.69, 9.17) is 5.26 Å². The summed E-state index contributed by atoms with van der Waals surface area (Å²) in [7, 11) is 0. The van der Waals surface area contributed by atoms with Crippen LogP contribution < -0.4 is 5.56 Å². The Hall–Kier alpha value is -2.94. The van der Waals surface area contributed by atoms with E-state index in [2.05, 4.69) is 15.2 Å². The zero-order valence-corrected chi connectivity index (χ0v) is 9.16. The topological polar surface area (TPSA) is 86.8 Å². The molecule has 3 rings (SSSR count). The lowest BCUT2D eigenvalue weighted by molar-refractivity contribution is 1.04. The molecule has 6 nitrogen and oxygen atoms in total. The van der Waals surface area contributed by atoms with Crippen LogP contribution in [-0.4, -0.2) is 19.6 Å². The van der Waals surface area contributed by atoms with Gasteiger partial charge in [-0.25, -0.2) is 14.5 Å². The molecule has 1 N–H and O–H groups in total. The Morgan fingerprint density at radius 3 is 2.78 bits per heavy atom. The molecule has 18 heavy (non-hydrogen) atoms. The normalized spacial score (nSPS) is 10.4. The van der Waals surface area contributed by atoms with Crippen molar-refractivity contribution < 1.29 is 0 Å². The highest BCUT2D eigenvalue weighted by molar-refractivity contribution is 5.67. The van der Waals surface area contributed by atoms with Crippen molar-refractivity contribution in [3.8, 4) is 17.3 Å². The van der Waals surface area contributed by atoms with Crippen molar-refractivity contribution in [1.29, 1.82) is 5.26 Å². The van der Waals surface area contributed by atoms with Gasteiger partial charge in [-0.05, 0) is 0 Å². The van der Waals surface area contributed by atoms with Crippen molar-refractivity contribution >= 4 is 5.78 Å². The van der Waals surface area contributed by atoms with Crippen LogP contribution in [0, 0.1) is 11.3 Å². The average molecular weight is 237 g/mol. The standard InChI is InChI=1S/C12H7N5O/c13-6-9-10(8-4-2-1-3-5-8)15-12-16-14-7-17(12)11(9)18/h1-5,7H,(H,15,16).